The van der Waals surface area contributed by atoms with Crippen LogP contribution in [0, 0.1) is 22.7 Å². The molecule has 76 heavy (non-hydrogen) atoms. The molecule has 0 atom stereocenters. The summed E-state index contributed by atoms with van der Waals surface area (Å²) in [5, 5.41) is 24.4. The number of rotatable bonds is 10. The Morgan fingerprint density at radius 3 is 0.711 bits per heavy atom. The van der Waals surface area contributed by atoms with Crippen molar-refractivity contribution < 1.29 is 0 Å². The van der Waals surface area contributed by atoms with Gasteiger partial charge >= 0.3 is 0 Å². The summed E-state index contributed by atoms with van der Waals surface area (Å²) >= 11 is 0. The molecule has 0 N–H and O–H groups in total. The third-order valence-electron chi connectivity index (χ3n) is 14.6. The van der Waals surface area contributed by atoms with E-state index < -0.39 is 0 Å². The second-order valence-corrected chi connectivity index (χ2v) is 24.3. The predicted octanol–water partition coefficient (Wildman–Crippen LogP) is 20.2. The predicted molar refractivity (Wildman–Crippen MR) is 326 cm³/mol. The van der Waals surface area contributed by atoms with Crippen LogP contribution < -0.4 is 9.80 Å². The van der Waals surface area contributed by atoms with Crippen molar-refractivity contribution in [2.45, 2.75) is 105 Å². The average molecular weight is 991 g/mol. The zero-order chi connectivity index (χ0) is 54.2. The molecule has 4 heteroatoms. The summed E-state index contributed by atoms with van der Waals surface area (Å²) < 4.78 is 0. The van der Waals surface area contributed by atoms with E-state index in [2.05, 4.69) is 275 Å². The first-order valence-electron chi connectivity index (χ1n) is 26.5. The maximum atomic E-state index is 10.7. The molecule has 0 amide bonds. The highest BCUT2D eigenvalue weighted by Gasteiger charge is 2.21. The molecule has 9 aromatic carbocycles. The van der Waals surface area contributed by atoms with Crippen LogP contribution in [0.5, 0.6) is 0 Å². The van der Waals surface area contributed by atoms with Gasteiger partial charge in [-0.1, -0.05) is 204 Å². The third kappa shape index (κ3) is 11.3. The zero-order valence-corrected chi connectivity index (χ0v) is 46.4. The lowest BCUT2D eigenvalue weighted by Gasteiger charge is -2.28. The van der Waals surface area contributed by atoms with E-state index in [1.807, 2.05) is 36.4 Å². The standard InChI is InChI=1S/C72H70N4/c1-69(2,3)53-23-35-59(36-24-53)75(60-37-25-54(26-38-60)70(4,5)6)57-31-17-49(18-32-57)13-15-51-21-43-63-65(45-51)67(47-73)64-44-22-52(46-66(64)68(63)48-74)16-14-50-19-33-58(34-20-50)76(61-39-27-55(28-40-61)71(7,8)9)62-41-29-56(30-42-62)72(10,11)12/h13-46H,1-12H3/b15-13+,16-14+. The molecule has 0 aliphatic carbocycles. The van der Waals surface area contributed by atoms with Crippen LogP contribution in [0.1, 0.15) is 139 Å². The van der Waals surface area contributed by atoms with Crippen molar-refractivity contribution in [2.75, 3.05) is 9.80 Å². The molecule has 0 spiro atoms. The van der Waals surface area contributed by atoms with Crippen molar-refractivity contribution in [1.29, 1.82) is 10.5 Å². The molecule has 4 nitrogen and oxygen atoms in total. The van der Waals surface area contributed by atoms with Gasteiger partial charge in [0.05, 0.1) is 11.1 Å². The Kier molecular flexibility index (Phi) is 14.3. The number of benzene rings is 9. The van der Waals surface area contributed by atoms with Crippen molar-refractivity contribution in [1.82, 2.24) is 0 Å². The van der Waals surface area contributed by atoms with E-state index in [0.717, 1.165) is 77.9 Å². The minimum atomic E-state index is 0.0592. The number of nitrogens with zero attached hydrogens (tertiary/aromatic N) is 4. The largest absolute Gasteiger partial charge is 0.311 e. The Labute approximate surface area is 452 Å². The van der Waals surface area contributed by atoms with E-state index in [4.69, 9.17) is 0 Å². The molecular weight excluding hydrogens is 921 g/mol. The SMILES string of the molecule is CC(C)(C)c1ccc(N(c2ccc(/C=C/c3ccc4c(C#N)c5cc(/C=C/c6ccc(N(c7ccc(C(C)(C)C)cc7)c7ccc(C(C)(C)C)cc7)cc6)ccc5c(C#N)c4c3)cc2)c2ccc(C(C)(C)C)cc2)cc1. The van der Waals surface area contributed by atoms with Crippen LogP contribution in [0.25, 0.3) is 45.8 Å². The highest BCUT2D eigenvalue weighted by Crippen LogP contribution is 2.40. The van der Waals surface area contributed by atoms with Crippen LogP contribution in [0.15, 0.2) is 182 Å². The highest BCUT2D eigenvalue weighted by atomic mass is 15.1. The fourth-order valence-corrected chi connectivity index (χ4v) is 9.90. The second-order valence-electron chi connectivity index (χ2n) is 24.3. The van der Waals surface area contributed by atoms with Crippen LogP contribution in [-0.2, 0) is 21.7 Å². The first kappa shape index (κ1) is 52.4. The summed E-state index contributed by atoms with van der Waals surface area (Å²) in [5.41, 5.74) is 17.1. The molecule has 378 valence electrons. The number of hydrogen-bond acceptors (Lipinski definition) is 4. The van der Waals surface area contributed by atoms with Gasteiger partial charge in [-0.05, 0) is 151 Å². The topological polar surface area (TPSA) is 54.1 Å². The lowest BCUT2D eigenvalue weighted by molar-refractivity contribution is 0.590. The zero-order valence-electron chi connectivity index (χ0n) is 46.4. The van der Waals surface area contributed by atoms with Gasteiger partial charge in [-0.15, -0.1) is 0 Å². The van der Waals surface area contributed by atoms with Crippen LogP contribution in [0.3, 0.4) is 0 Å². The van der Waals surface area contributed by atoms with Crippen molar-refractivity contribution in [3.63, 3.8) is 0 Å². The van der Waals surface area contributed by atoms with Gasteiger partial charge in [-0.2, -0.15) is 10.5 Å². The number of anilines is 6. The summed E-state index contributed by atoms with van der Waals surface area (Å²) in [4.78, 5) is 4.62. The normalized spacial score (nSPS) is 12.3. The quantitative estimate of drug-likeness (QED) is 0.101. The second kappa shape index (κ2) is 20.7. The van der Waals surface area contributed by atoms with E-state index >= 15 is 0 Å². The Balaban J connectivity index is 0.967. The van der Waals surface area contributed by atoms with Gasteiger partial charge in [0, 0.05) is 55.7 Å². The highest BCUT2D eigenvalue weighted by molar-refractivity contribution is 6.10. The summed E-state index contributed by atoms with van der Waals surface area (Å²) in [5.74, 6) is 0. The van der Waals surface area contributed by atoms with E-state index in [1.165, 1.54) is 22.3 Å². The van der Waals surface area contributed by atoms with Crippen molar-refractivity contribution in [3.8, 4) is 12.1 Å². The Morgan fingerprint density at radius 2 is 0.487 bits per heavy atom. The van der Waals surface area contributed by atoms with Gasteiger partial charge in [-0.25, -0.2) is 0 Å². The molecule has 0 heterocycles. The van der Waals surface area contributed by atoms with Gasteiger partial charge < -0.3 is 9.80 Å². The molecule has 9 rings (SSSR count). The van der Waals surface area contributed by atoms with Crippen molar-refractivity contribution in [3.05, 3.63) is 238 Å². The molecule has 0 fully saturated rings. The van der Waals surface area contributed by atoms with Crippen LogP contribution in [0.4, 0.5) is 34.1 Å². The van der Waals surface area contributed by atoms with E-state index in [1.54, 1.807) is 0 Å². The lowest BCUT2D eigenvalue weighted by atomic mass is 9.86. The number of hydrogen-bond donors (Lipinski definition) is 0. The Morgan fingerprint density at radius 1 is 0.276 bits per heavy atom. The summed E-state index contributed by atoms with van der Waals surface area (Å²) in [6.07, 6.45) is 8.35. The first-order chi connectivity index (χ1) is 36.1. The smallest absolute Gasteiger partial charge is 0.100 e. The molecule has 0 bridgehead atoms. The summed E-state index contributed by atoms with van der Waals surface area (Å²) in [6, 6.07) is 70.0. The molecule has 0 unspecified atom stereocenters. The van der Waals surface area contributed by atoms with E-state index in [9.17, 15) is 10.5 Å². The fourth-order valence-electron chi connectivity index (χ4n) is 9.90. The molecule has 9 aromatic rings. The van der Waals surface area contributed by atoms with Crippen LogP contribution in [0.2, 0.25) is 0 Å². The maximum Gasteiger partial charge on any atom is 0.100 e. The van der Waals surface area contributed by atoms with E-state index in [-0.39, 0.29) is 21.7 Å². The van der Waals surface area contributed by atoms with Gasteiger partial charge in [0.1, 0.15) is 12.1 Å². The Bertz CT molecular complexity index is 3320. The average Bonchev–Trinajstić information content (AvgIpc) is 3.39. The number of nitriles is 2. The van der Waals surface area contributed by atoms with Gasteiger partial charge in [0.2, 0.25) is 0 Å². The van der Waals surface area contributed by atoms with Crippen LogP contribution >= 0.6 is 0 Å². The third-order valence-corrected chi connectivity index (χ3v) is 14.6. The minimum absolute atomic E-state index is 0.0592. The minimum Gasteiger partial charge on any atom is -0.311 e. The molecule has 0 radical (unpaired) electrons. The van der Waals surface area contributed by atoms with Gasteiger partial charge in [-0.3, -0.25) is 0 Å². The lowest BCUT2D eigenvalue weighted by Crippen LogP contribution is -2.14. The maximum absolute atomic E-state index is 10.7. The Hall–Kier alpha value is -8.44. The molecule has 0 saturated heterocycles. The molecular formula is C72H70N4. The van der Waals surface area contributed by atoms with Crippen molar-refractivity contribution in [2.24, 2.45) is 0 Å². The molecule has 0 aromatic heterocycles. The van der Waals surface area contributed by atoms with Crippen LogP contribution in [-0.4, -0.2) is 0 Å². The van der Waals surface area contributed by atoms with Crippen molar-refractivity contribution >= 4 is 80.0 Å². The fraction of sp³-hybridized carbons (Fsp3) is 0.222. The van der Waals surface area contributed by atoms with E-state index in [0.29, 0.717) is 11.1 Å². The number of fused-ring (bicyclic) bond motifs is 2. The van der Waals surface area contributed by atoms with Gasteiger partial charge in [0.25, 0.3) is 0 Å². The molecule has 0 saturated carbocycles. The van der Waals surface area contributed by atoms with Gasteiger partial charge in [0.15, 0.2) is 0 Å². The molecule has 0 aliphatic heterocycles. The first-order valence-corrected chi connectivity index (χ1v) is 26.5. The summed E-state index contributed by atoms with van der Waals surface area (Å²) in [6.45, 7) is 26.9. The summed E-state index contributed by atoms with van der Waals surface area (Å²) in [7, 11) is 0. The molecule has 0 aliphatic rings. The monoisotopic (exact) mass is 991 g/mol.